The van der Waals surface area contributed by atoms with Crippen molar-refractivity contribution in [1.29, 1.82) is 0 Å². The van der Waals surface area contributed by atoms with Crippen LogP contribution in [-0.4, -0.2) is 28.2 Å². The summed E-state index contributed by atoms with van der Waals surface area (Å²) in [5, 5.41) is 15.7. The van der Waals surface area contributed by atoms with E-state index >= 15 is 0 Å². The molecular weight excluding hydrogens is 272 g/mol. The Morgan fingerprint density at radius 1 is 1.29 bits per heavy atom. The molecule has 0 aromatic carbocycles. The number of rotatable bonds is 3. The van der Waals surface area contributed by atoms with Gasteiger partial charge in [-0.1, -0.05) is 25.9 Å². The van der Waals surface area contributed by atoms with Crippen LogP contribution < -0.4 is 5.32 Å². The van der Waals surface area contributed by atoms with E-state index in [2.05, 4.69) is 10.5 Å². The summed E-state index contributed by atoms with van der Waals surface area (Å²) in [6, 6.07) is 1.68. The van der Waals surface area contributed by atoms with Gasteiger partial charge in [0.15, 0.2) is 5.69 Å². The van der Waals surface area contributed by atoms with Gasteiger partial charge in [-0.15, -0.1) is 0 Å². The van der Waals surface area contributed by atoms with Gasteiger partial charge in [0.1, 0.15) is 5.76 Å². The lowest BCUT2D eigenvalue weighted by molar-refractivity contribution is -0.142. The zero-order chi connectivity index (χ0) is 15.6. The highest BCUT2D eigenvalue weighted by Gasteiger charge is 2.28. The molecule has 1 heterocycles. The fraction of sp³-hybridized carbons (Fsp3) is 0.667. The first-order valence-corrected chi connectivity index (χ1v) is 7.28. The highest BCUT2D eigenvalue weighted by atomic mass is 16.5. The third-order valence-corrected chi connectivity index (χ3v) is 3.89. The van der Waals surface area contributed by atoms with E-state index in [1.165, 1.54) is 0 Å². The molecule has 0 bridgehead atoms. The Labute approximate surface area is 123 Å². The third-order valence-electron chi connectivity index (χ3n) is 3.89. The van der Waals surface area contributed by atoms with E-state index in [4.69, 9.17) is 9.63 Å². The van der Waals surface area contributed by atoms with Crippen LogP contribution in [0.1, 0.15) is 62.7 Å². The maximum atomic E-state index is 12.1. The first-order valence-electron chi connectivity index (χ1n) is 7.28. The average Bonchev–Trinajstić information content (AvgIpc) is 2.88. The lowest BCUT2D eigenvalue weighted by atomic mass is 9.86. The Bertz CT molecular complexity index is 522. The van der Waals surface area contributed by atoms with Crippen LogP contribution in [0.4, 0.5) is 0 Å². The molecule has 0 unspecified atom stereocenters. The number of aromatic nitrogens is 1. The van der Waals surface area contributed by atoms with Crippen molar-refractivity contribution in [1.82, 2.24) is 10.5 Å². The zero-order valence-corrected chi connectivity index (χ0v) is 12.7. The van der Waals surface area contributed by atoms with Crippen LogP contribution in [0.2, 0.25) is 0 Å². The molecule has 1 fully saturated rings. The zero-order valence-electron chi connectivity index (χ0n) is 12.7. The highest BCUT2D eigenvalue weighted by Crippen LogP contribution is 2.25. The van der Waals surface area contributed by atoms with Gasteiger partial charge in [-0.25, -0.2) is 0 Å². The molecule has 0 spiro atoms. The van der Waals surface area contributed by atoms with Crippen molar-refractivity contribution in [2.45, 2.75) is 57.9 Å². The number of nitrogens with zero attached hydrogens (tertiary/aromatic N) is 1. The van der Waals surface area contributed by atoms with E-state index in [1.807, 2.05) is 20.8 Å². The molecular formula is C15H22N2O4. The standard InChI is InChI=1S/C15H22N2O4/c1-15(2,3)12-8-11(17-21-12)13(18)16-10-6-4-9(5-7-10)14(19)20/h8-10H,4-7H2,1-3H3,(H,16,18)(H,19,20). The van der Waals surface area contributed by atoms with Crippen LogP contribution in [0.15, 0.2) is 10.6 Å². The van der Waals surface area contributed by atoms with Crippen LogP contribution >= 0.6 is 0 Å². The average molecular weight is 294 g/mol. The molecule has 0 aliphatic heterocycles. The number of carboxylic acids is 1. The molecule has 0 radical (unpaired) electrons. The summed E-state index contributed by atoms with van der Waals surface area (Å²) in [5.41, 5.74) is 0.0886. The number of hydrogen-bond donors (Lipinski definition) is 2. The minimum Gasteiger partial charge on any atom is -0.481 e. The monoisotopic (exact) mass is 294 g/mol. The van der Waals surface area contributed by atoms with Crippen molar-refractivity contribution in [2.75, 3.05) is 0 Å². The lowest BCUT2D eigenvalue weighted by Gasteiger charge is -2.26. The molecule has 0 saturated heterocycles. The topological polar surface area (TPSA) is 92.4 Å². The molecule has 2 rings (SSSR count). The Morgan fingerprint density at radius 3 is 2.38 bits per heavy atom. The van der Waals surface area contributed by atoms with Crippen LogP contribution in [0.3, 0.4) is 0 Å². The quantitative estimate of drug-likeness (QED) is 0.892. The second kappa shape index (κ2) is 5.87. The van der Waals surface area contributed by atoms with Crippen molar-refractivity contribution in [3.8, 4) is 0 Å². The Kier molecular flexibility index (Phi) is 4.34. The number of nitrogens with one attached hydrogen (secondary N) is 1. The van der Waals surface area contributed by atoms with Crippen molar-refractivity contribution >= 4 is 11.9 Å². The van der Waals surface area contributed by atoms with Crippen LogP contribution in [0.5, 0.6) is 0 Å². The summed E-state index contributed by atoms with van der Waals surface area (Å²) in [6.45, 7) is 5.97. The van der Waals surface area contributed by atoms with E-state index in [0.29, 0.717) is 31.4 Å². The smallest absolute Gasteiger partial charge is 0.306 e. The summed E-state index contributed by atoms with van der Waals surface area (Å²) in [5.74, 6) is -0.612. The normalized spacial score (nSPS) is 22.8. The van der Waals surface area contributed by atoms with Crippen LogP contribution in [-0.2, 0) is 10.2 Å². The van der Waals surface area contributed by atoms with Gasteiger partial charge in [0, 0.05) is 17.5 Å². The molecule has 1 saturated carbocycles. The van der Waals surface area contributed by atoms with Gasteiger partial charge in [0.05, 0.1) is 5.92 Å². The van der Waals surface area contributed by atoms with E-state index in [9.17, 15) is 9.59 Å². The molecule has 0 atom stereocenters. The maximum absolute atomic E-state index is 12.1. The van der Waals surface area contributed by atoms with Gasteiger partial charge in [-0.2, -0.15) is 0 Å². The number of aliphatic carboxylic acids is 1. The fourth-order valence-electron chi connectivity index (χ4n) is 2.48. The highest BCUT2D eigenvalue weighted by molar-refractivity contribution is 5.92. The summed E-state index contributed by atoms with van der Waals surface area (Å²) in [7, 11) is 0. The number of carboxylic acid groups (broad SMARTS) is 1. The molecule has 21 heavy (non-hydrogen) atoms. The molecule has 116 valence electrons. The van der Waals surface area contributed by atoms with Gasteiger partial charge in [0.2, 0.25) is 0 Å². The summed E-state index contributed by atoms with van der Waals surface area (Å²) >= 11 is 0. The summed E-state index contributed by atoms with van der Waals surface area (Å²) < 4.78 is 5.20. The lowest BCUT2D eigenvalue weighted by Crippen LogP contribution is -2.38. The summed E-state index contributed by atoms with van der Waals surface area (Å²) in [4.78, 5) is 23.0. The van der Waals surface area contributed by atoms with Gasteiger partial charge >= 0.3 is 5.97 Å². The maximum Gasteiger partial charge on any atom is 0.306 e. The van der Waals surface area contributed by atoms with Crippen LogP contribution in [0.25, 0.3) is 0 Å². The van der Waals surface area contributed by atoms with E-state index in [-0.39, 0.29) is 29.0 Å². The van der Waals surface area contributed by atoms with Gasteiger partial charge in [0.25, 0.3) is 5.91 Å². The molecule has 2 N–H and O–H groups in total. The SMILES string of the molecule is CC(C)(C)c1cc(C(=O)NC2CCC(C(=O)O)CC2)no1. The molecule has 6 nitrogen and oxygen atoms in total. The van der Waals surface area contributed by atoms with Gasteiger partial charge in [-0.3, -0.25) is 9.59 Å². The predicted octanol–water partition coefficient (Wildman–Crippen LogP) is 2.35. The van der Waals surface area contributed by atoms with E-state index < -0.39 is 5.97 Å². The molecule has 1 aliphatic rings. The number of hydrogen-bond acceptors (Lipinski definition) is 4. The van der Waals surface area contributed by atoms with Crippen molar-refractivity contribution in [3.05, 3.63) is 17.5 Å². The molecule has 6 heteroatoms. The largest absolute Gasteiger partial charge is 0.481 e. The van der Waals surface area contributed by atoms with E-state index in [1.54, 1.807) is 6.07 Å². The van der Waals surface area contributed by atoms with Crippen molar-refractivity contribution in [2.24, 2.45) is 5.92 Å². The van der Waals surface area contributed by atoms with Crippen molar-refractivity contribution < 1.29 is 19.2 Å². The third kappa shape index (κ3) is 3.83. The predicted molar refractivity (Wildman–Crippen MR) is 76.1 cm³/mol. The van der Waals surface area contributed by atoms with Crippen LogP contribution in [0, 0.1) is 5.92 Å². The number of carbonyl (C=O) groups is 2. The minimum absolute atomic E-state index is 0.0166. The second-order valence-corrected chi connectivity index (χ2v) is 6.69. The molecule has 1 amide bonds. The first-order chi connectivity index (χ1) is 9.77. The van der Waals surface area contributed by atoms with E-state index in [0.717, 1.165) is 0 Å². The summed E-state index contributed by atoms with van der Waals surface area (Å²) in [6.07, 6.45) is 2.58. The molecule has 1 aromatic rings. The van der Waals surface area contributed by atoms with Gasteiger partial charge in [-0.05, 0) is 25.7 Å². The van der Waals surface area contributed by atoms with Gasteiger partial charge < -0.3 is 14.9 Å². The first kappa shape index (κ1) is 15.5. The Morgan fingerprint density at radius 2 is 1.90 bits per heavy atom. The Balaban J connectivity index is 1.91. The fourth-order valence-corrected chi connectivity index (χ4v) is 2.48. The second-order valence-electron chi connectivity index (χ2n) is 6.69. The molecule has 1 aromatic heterocycles. The van der Waals surface area contributed by atoms with Crippen molar-refractivity contribution in [3.63, 3.8) is 0 Å². The molecule has 1 aliphatic carbocycles. The minimum atomic E-state index is -0.744. The number of carbonyl (C=O) groups excluding carboxylic acids is 1. The Hall–Kier alpha value is -1.85. The number of amides is 1.